The van der Waals surface area contributed by atoms with Crippen molar-refractivity contribution in [3.8, 4) is 11.3 Å². The molecular weight excluding hydrogens is 226 g/mol. The summed E-state index contributed by atoms with van der Waals surface area (Å²) in [4.78, 5) is 2.19. The number of hydrogen-bond donors (Lipinski definition) is 2. The molecule has 1 fully saturated rings. The maximum Gasteiger partial charge on any atom is 0.0924 e. The van der Waals surface area contributed by atoms with E-state index in [1.54, 1.807) is 0 Å². The van der Waals surface area contributed by atoms with Gasteiger partial charge in [0.05, 0.1) is 11.8 Å². The number of H-pyrrole nitrogens is 1. The molecule has 0 saturated carbocycles. The molecule has 0 spiro atoms. The molecule has 2 heterocycles. The molecule has 0 radical (unpaired) electrons. The summed E-state index contributed by atoms with van der Waals surface area (Å²) in [5.74, 6) is 0. The number of aryl methyl sites for hydroxylation is 1. The summed E-state index contributed by atoms with van der Waals surface area (Å²) in [6.07, 6.45) is -0.149. The van der Waals surface area contributed by atoms with Crippen molar-refractivity contribution in [3.63, 3.8) is 0 Å². The Bertz CT molecular complexity index is 526. The second-order valence-electron chi connectivity index (χ2n) is 4.99. The highest BCUT2D eigenvalue weighted by Gasteiger charge is 2.24. The van der Waals surface area contributed by atoms with Gasteiger partial charge in [-0.25, -0.2) is 0 Å². The van der Waals surface area contributed by atoms with Gasteiger partial charge in [-0.1, -0.05) is 29.8 Å². The third-order valence-corrected chi connectivity index (χ3v) is 3.31. The second-order valence-corrected chi connectivity index (χ2v) is 4.99. The van der Waals surface area contributed by atoms with E-state index in [4.69, 9.17) is 0 Å². The number of aromatic nitrogens is 2. The van der Waals surface area contributed by atoms with Crippen LogP contribution < -0.4 is 0 Å². The average Bonchev–Trinajstić information content (AvgIpc) is 2.77. The van der Waals surface area contributed by atoms with Crippen molar-refractivity contribution in [1.82, 2.24) is 15.1 Å². The van der Waals surface area contributed by atoms with E-state index < -0.39 is 0 Å². The van der Waals surface area contributed by atoms with Crippen molar-refractivity contribution in [2.24, 2.45) is 0 Å². The van der Waals surface area contributed by atoms with Gasteiger partial charge in [0.15, 0.2) is 0 Å². The molecular formula is C14H17N3O. The Hall–Kier alpha value is -1.65. The summed E-state index contributed by atoms with van der Waals surface area (Å²) in [6, 6.07) is 10.4. The summed E-state index contributed by atoms with van der Waals surface area (Å²) in [5.41, 5.74) is 4.46. The molecule has 4 nitrogen and oxygen atoms in total. The predicted molar refractivity (Wildman–Crippen MR) is 70.0 cm³/mol. The number of aliphatic hydroxyl groups excluding tert-OH is 1. The Kier molecular flexibility index (Phi) is 2.89. The summed E-state index contributed by atoms with van der Waals surface area (Å²) >= 11 is 0. The number of benzene rings is 1. The number of likely N-dealkylation sites (tertiary alicyclic amines) is 1. The first-order valence-corrected chi connectivity index (χ1v) is 6.22. The Morgan fingerprint density at radius 3 is 2.72 bits per heavy atom. The Labute approximate surface area is 106 Å². The lowest BCUT2D eigenvalue weighted by Crippen LogP contribution is -2.49. The minimum Gasteiger partial charge on any atom is -0.390 e. The summed E-state index contributed by atoms with van der Waals surface area (Å²) in [5, 5.41) is 16.6. The zero-order chi connectivity index (χ0) is 12.5. The first kappa shape index (κ1) is 11.4. The van der Waals surface area contributed by atoms with Gasteiger partial charge in [-0.05, 0) is 13.0 Å². The lowest BCUT2D eigenvalue weighted by molar-refractivity contribution is -0.00354. The topological polar surface area (TPSA) is 52.1 Å². The molecule has 3 rings (SSSR count). The van der Waals surface area contributed by atoms with Crippen molar-refractivity contribution in [1.29, 1.82) is 0 Å². The van der Waals surface area contributed by atoms with Crippen molar-refractivity contribution >= 4 is 0 Å². The maximum atomic E-state index is 9.24. The lowest BCUT2D eigenvalue weighted by Gasteiger charge is -2.35. The number of nitrogens with one attached hydrogen (secondary N) is 1. The first-order chi connectivity index (χ1) is 8.70. The number of nitrogens with zero attached hydrogens (tertiary/aromatic N) is 2. The standard InChI is InChI=1S/C14H17N3O/c1-10-2-4-11(5-3-10)14-6-12(15-16-14)7-17-8-13(18)9-17/h2-6,13,18H,7-9H2,1H3,(H,15,16). The van der Waals surface area contributed by atoms with Crippen LogP contribution in [0.2, 0.25) is 0 Å². The van der Waals surface area contributed by atoms with E-state index in [0.29, 0.717) is 0 Å². The average molecular weight is 243 g/mol. The Morgan fingerprint density at radius 1 is 1.33 bits per heavy atom. The zero-order valence-corrected chi connectivity index (χ0v) is 10.4. The monoisotopic (exact) mass is 243 g/mol. The molecule has 1 aliphatic rings. The number of hydrogen-bond acceptors (Lipinski definition) is 3. The molecule has 0 amide bonds. The van der Waals surface area contributed by atoms with Crippen LogP contribution in [0, 0.1) is 6.92 Å². The highest BCUT2D eigenvalue weighted by Crippen LogP contribution is 2.19. The van der Waals surface area contributed by atoms with Crippen LogP contribution in [0.1, 0.15) is 11.3 Å². The van der Waals surface area contributed by atoms with Crippen molar-refractivity contribution in [2.45, 2.75) is 19.6 Å². The van der Waals surface area contributed by atoms with Gasteiger partial charge in [0.25, 0.3) is 0 Å². The van der Waals surface area contributed by atoms with Gasteiger partial charge in [-0.15, -0.1) is 0 Å². The van der Waals surface area contributed by atoms with Crippen LogP contribution in [-0.2, 0) is 6.54 Å². The first-order valence-electron chi connectivity index (χ1n) is 6.22. The zero-order valence-electron chi connectivity index (χ0n) is 10.4. The van der Waals surface area contributed by atoms with E-state index in [1.807, 2.05) is 0 Å². The molecule has 1 aliphatic heterocycles. The van der Waals surface area contributed by atoms with Crippen molar-refractivity contribution < 1.29 is 5.11 Å². The number of aromatic amines is 1. The summed E-state index contributed by atoms with van der Waals surface area (Å²) < 4.78 is 0. The SMILES string of the molecule is Cc1ccc(-c2cc(CN3CC(O)C3)[nH]n2)cc1. The third-order valence-electron chi connectivity index (χ3n) is 3.31. The fraction of sp³-hybridized carbons (Fsp3) is 0.357. The molecule has 4 heteroatoms. The largest absolute Gasteiger partial charge is 0.390 e. The van der Waals surface area contributed by atoms with Gasteiger partial charge in [-0.2, -0.15) is 5.10 Å². The van der Waals surface area contributed by atoms with Crippen LogP contribution in [0.15, 0.2) is 30.3 Å². The Morgan fingerprint density at radius 2 is 2.06 bits per heavy atom. The van der Waals surface area contributed by atoms with Gasteiger partial charge in [0, 0.05) is 30.9 Å². The van der Waals surface area contributed by atoms with E-state index in [2.05, 4.69) is 52.4 Å². The lowest BCUT2D eigenvalue weighted by atomic mass is 10.1. The molecule has 94 valence electrons. The van der Waals surface area contributed by atoms with Gasteiger partial charge < -0.3 is 5.11 Å². The van der Waals surface area contributed by atoms with E-state index in [-0.39, 0.29) is 6.10 Å². The van der Waals surface area contributed by atoms with Gasteiger partial charge in [0.1, 0.15) is 0 Å². The molecule has 0 atom stereocenters. The van der Waals surface area contributed by atoms with Gasteiger partial charge >= 0.3 is 0 Å². The quantitative estimate of drug-likeness (QED) is 0.860. The minimum absolute atomic E-state index is 0.149. The Balaban J connectivity index is 1.71. The van der Waals surface area contributed by atoms with E-state index in [1.165, 1.54) is 5.56 Å². The highest BCUT2D eigenvalue weighted by molar-refractivity contribution is 5.59. The molecule has 0 bridgehead atoms. The molecule has 18 heavy (non-hydrogen) atoms. The third kappa shape index (κ3) is 2.30. The minimum atomic E-state index is -0.149. The molecule has 2 aromatic rings. The molecule has 1 saturated heterocycles. The smallest absolute Gasteiger partial charge is 0.0924 e. The number of rotatable bonds is 3. The molecule has 0 aliphatic carbocycles. The molecule has 1 aromatic carbocycles. The fourth-order valence-corrected chi connectivity index (χ4v) is 2.23. The number of aliphatic hydroxyl groups is 1. The van der Waals surface area contributed by atoms with Crippen molar-refractivity contribution in [2.75, 3.05) is 13.1 Å². The highest BCUT2D eigenvalue weighted by atomic mass is 16.3. The van der Waals surface area contributed by atoms with Crippen LogP contribution >= 0.6 is 0 Å². The fourth-order valence-electron chi connectivity index (χ4n) is 2.23. The van der Waals surface area contributed by atoms with Crippen molar-refractivity contribution in [3.05, 3.63) is 41.6 Å². The van der Waals surface area contributed by atoms with Crippen LogP contribution in [0.4, 0.5) is 0 Å². The summed E-state index contributed by atoms with van der Waals surface area (Å²) in [7, 11) is 0. The molecule has 2 N–H and O–H groups in total. The predicted octanol–water partition coefficient (Wildman–Crippen LogP) is 1.56. The van der Waals surface area contributed by atoms with Gasteiger partial charge in [-0.3, -0.25) is 10.00 Å². The van der Waals surface area contributed by atoms with Crippen LogP contribution in [0.25, 0.3) is 11.3 Å². The second kappa shape index (κ2) is 4.55. The van der Waals surface area contributed by atoms with Crippen LogP contribution in [0.3, 0.4) is 0 Å². The summed E-state index contributed by atoms with van der Waals surface area (Å²) in [6.45, 7) is 4.43. The van der Waals surface area contributed by atoms with E-state index in [0.717, 1.165) is 36.6 Å². The number of β-amino-alcohol motifs (C(OH)–C–C–N with tert-alkyl or cyclic N) is 1. The molecule has 0 unspecified atom stereocenters. The van der Waals surface area contributed by atoms with Crippen LogP contribution in [-0.4, -0.2) is 39.4 Å². The molecule has 1 aromatic heterocycles. The maximum absolute atomic E-state index is 9.24. The van der Waals surface area contributed by atoms with Crippen LogP contribution in [0.5, 0.6) is 0 Å². The van der Waals surface area contributed by atoms with E-state index >= 15 is 0 Å². The van der Waals surface area contributed by atoms with E-state index in [9.17, 15) is 5.11 Å². The normalized spacial score (nSPS) is 16.8. The van der Waals surface area contributed by atoms with Gasteiger partial charge in [0.2, 0.25) is 0 Å².